The van der Waals surface area contributed by atoms with Gasteiger partial charge in [-0.3, -0.25) is 4.79 Å². The van der Waals surface area contributed by atoms with Gasteiger partial charge in [0, 0.05) is 13.0 Å². The minimum absolute atomic E-state index is 0.0460. The summed E-state index contributed by atoms with van der Waals surface area (Å²) in [5.74, 6) is -0.804. The first-order valence-corrected chi connectivity index (χ1v) is 8.75. The van der Waals surface area contributed by atoms with Gasteiger partial charge in [0.15, 0.2) is 0 Å². The predicted molar refractivity (Wildman–Crippen MR) is 93.1 cm³/mol. The molecule has 1 aliphatic rings. The van der Waals surface area contributed by atoms with Crippen molar-refractivity contribution >= 4 is 11.9 Å². The highest BCUT2D eigenvalue weighted by molar-refractivity contribution is 5.86. The van der Waals surface area contributed by atoms with Gasteiger partial charge in [0.2, 0.25) is 5.91 Å². The Morgan fingerprint density at radius 3 is 2.68 bits per heavy atom. The number of esters is 1. The molecule has 138 valence electrons. The highest BCUT2D eigenvalue weighted by atomic mass is 16.5. The maximum atomic E-state index is 12.4. The number of hydrogen-bond donors (Lipinski definition) is 1. The van der Waals surface area contributed by atoms with Crippen LogP contribution in [0.15, 0.2) is 30.3 Å². The molecule has 0 spiro atoms. The molecular weight excluding hydrogens is 322 g/mol. The van der Waals surface area contributed by atoms with E-state index in [-0.39, 0.29) is 12.0 Å². The van der Waals surface area contributed by atoms with E-state index in [1.165, 1.54) is 7.11 Å². The lowest BCUT2D eigenvalue weighted by Gasteiger charge is -2.24. The predicted octanol–water partition coefficient (Wildman–Crippen LogP) is 1.86. The van der Waals surface area contributed by atoms with Crippen LogP contribution in [-0.4, -0.2) is 50.4 Å². The standard InChI is InChI=1S/C19H27NO5/c1-14(25-13-16-10-6-7-11-24-16)18(21)20-17(19(22)23-2)12-15-8-4-3-5-9-15/h3-5,8-9,14,16-17H,6-7,10-13H2,1-2H3,(H,20,21)/t14?,16?,17-/m0/s1. The molecule has 6 nitrogen and oxygen atoms in total. The third kappa shape index (κ3) is 6.48. The van der Waals surface area contributed by atoms with Crippen LogP contribution in [0.3, 0.4) is 0 Å². The van der Waals surface area contributed by atoms with Crippen molar-refractivity contribution in [3.8, 4) is 0 Å². The van der Waals surface area contributed by atoms with Gasteiger partial charge in [-0.25, -0.2) is 4.79 Å². The van der Waals surface area contributed by atoms with Gasteiger partial charge in [-0.2, -0.15) is 0 Å². The number of carbonyl (C=O) groups excluding carboxylic acids is 2. The van der Waals surface area contributed by atoms with Crippen molar-refractivity contribution < 1.29 is 23.8 Å². The van der Waals surface area contributed by atoms with Crippen LogP contribution in [0.1, 0.15) is 31.7 Å². The van der Waals surface area contributed by atoms with E-state index in [2.05, 4.69) is 5.32 Å². The van der Waals surface area contributed by atoms with E-state index < -0.39 is 18.1 Å². The molecule has 0 bridgehead atoms. The summed E-state index contributed by atoms with van der Waals surface area (Å²) in [4.78, 5) is 24.3. The van der Waals surface area contributed by atoms with E-state index >= 15 is 0 Å². The SMILES string of the molecule is COC(=O)[C@H](Cc1ccccc1)NC(=O)C(C)OCC1CCCCO1. The van der Waals surface area contributed by atoms with Crippen LogP contribution in [0.25, 0.3) is 0 Å². The molecule has 0 aromatic heterocycles. The number of amides is 1. The van der Waals surface area contributed by atoms with Crippen LogP contribution in [0.2, 0.25) is 0 Å². The lowest BCUT2D eigenvalue weighted by molar-refractivity contribution is -0.147. The van der Waals surface area contributed by atoms with Crippen LogP contribution in [0, 0.1) is 0 Å². The molecule has 0 saturated carbocycles. The van der Waals surface area contributed by atoms with Crippen LogP contribution in [-0.2, 0) is 30.2 Å². The number of ether oxygens (including phenoxy) is 3. The van der Waals surface area contributed by atoms with Crippen molar-refractivity contribution in [1.82, 2.24) is 5.32 Å². The fraction of sp³-hybridized carbons (Fsp3) is 0.579. The molecule has 0 radical (unpaired) electrons. The van der Waals surface area contributed by atoms with Gasteiger partial charge in [-0.1, -0.05) is 30.3 Å². The Kier molecular flexibility index (Phi) is 7.88. The zero-order valence-electron chi connectivity index (χ0n) is 14.9. The number of benzene rings is 1. The van der Waals surface area contributed by atoms with Gasteiger partial charge in [0.05, 0.1) is 19.8 Å². The van der Waals surface area contributed by atoms with E-state index in [0.29, 0.717) is 13.0 Å². The minimum atomic E-state index is -0.739. The summed E-state index contributed by atoms with van der Waals surface area (Å²) in [6.45, 7) is 2.81. The Morgan fingerprint density at radius 2 is 2.04 bits per heavy atom. The number of carbonyl (C=O) groups is 2. The summed E-state index contributed by atoms with van der Waals surface area (Å²) < 4.78 is 16.0. The highest BCUT2D eigenvalue weighted by Gasteiger charge is 2.25. The second kappa shape index (κ2) is 10.2. The smallest absolute Gasteiger partial charge is 0.328 e. The molecule has 1 aromatic rings. The molecule has 1 fully saturated rings. The Labute approximate surface area is 148 Å². The van der Waals surface area contributed by atoms with Crippen LogP contribution < -0.4 is 5.32 Å². The number of methoxy groups -OCH3 is 1. The quantitative estimate of drug-likeness (QED) is 0.725. The van der Waals surface area contributed by atoms with Gasteiger partial charge in [-0.15, -0.1) is 0 Å². The normalized spacial score (nSPS) is 19.7. The lowest BCUT2D eigenvalue weighted by atomic mass is 10.1. The van der Waals surface area contributed by atoms with E-state index in [1.807, 2.05) is 30.3 Å². The van der Waals surface area contributed by atoms with Gasteiger partial charge in [0.25, 0.3) is 0 Å². The van der Waals surface area contributed by atoms with Gasteiger partial charge >= 0.3 is 5.97 Å². The average Bonchev–Trinajstić information content (AvgIpc) is 2.66. The van der Waals surface area contributed by atoms with Crippen molar-refractivity contribution in [3.05, 3.63) is 35.9 Å². The summed E-state index contributed by atoms with van der Waals surface area (Å²) in [6, 6.07) is 8.75. The third-order valence-corrected chi connectivity index (χ3v) is 4.26. The number of hydrogen-bond acceptors (Lipinski definition) is 5. The van der Waals surface area contributed by atoms with Crippen molar-refractivity contribution in [1.29, 1.82) is 0 Å². The largest absolute Gasteiger partial charge is 0.467 e. The molecule has 1 N–H and O–H groups in total. The first kappa shape index (κ1) is 19.4. The Bertz CT molecular complexity index is 542. The minimum Gasteiger partial charge on any atom is -0.467 e. The van der Waals surface area contributed by atoms with Crippen LogP contribution in [0.5, 0.6) is 0 Å². The maximum absolute atomic E-state index is 12.4. The second-order valence-corrected chi connectivity index (χ2v) is 6.24. The van der Waals surface area contributed by atoms with E-state index in [9.17, 15) is 9.59 Å². The average molecular weight is 349 g/mol. The summed E-state index contributed by atoms with van der Waals surface area (Å²) in [6.07, 6.45) is 2.91. The Hall–Kier alpha value is -1.92. The zero-order chi connectivity index (χ0) is 18.1. The number of rotatable bonds is 8. The summed E-state index contributed by atoms with van der Waals surface area (Å²) in [5, 5.41) is 2.72. The molecule has 2 unspecified atom stereocenters. The van der Waals surface area contributed by atoms with Crippen molar-refractivity contribution in [3.63, 3.8) is 0 Å². The lowest BCUT2D eigenvalue weighted by Crippen LogP contribution is -2.47. The molecular formula is C19H27NO5. The summed E-state index contributed by atoms with van der Waals surface area (Å²) in [5.41, 5.74) is 0.947. The van der Waals surface area contributed by atoms with E-state index in [0.717, 1.165) is 31.4 Å². The molecule has 25 heavy (non-hydrogen) atoms. The molecule has 1 amide bonds. The third-order valence-electron chi connectivity index (χ3n) is 4.26. The molecule has 2 rings (SSSR count). The zero-order valence-corrected chi connectivity index (χ0v) is 14.9. The monoisotopic (exact) mass is 349 g/mol. The molecule has 3 atom stereocenters. The van der Waals surface area contributed by atoms with Crippen LogP contribution >= 0.6 is 0 Å². The molecule has 6 heteroatoms. The topological polar surface area (TPSA) is 73.9 Å². The van der Waals surface area contributed by atoms with Gasteiger partial charge < -0.3 is 19.5 Å². The Morgan fingerprint density at radius 1 is 1.28 bits per heavy atom. The van der Waals surface area contributed by atoms with Gasteiger partial charge in [-0.05, 0) is 31.7 Å². The van der Waals surface area contributed by atoms with Crippen molar-refractivity contribution in [2.45, 2.75) is 50.9 Å². The van der Waals surface area contributed by atoms with Crippen LogP contribution in [0.4, 0.5) is 0 Å². The second-order valence-electron chi connectivity index (χ2n) is 6.24. The fourth-order valence-electron chi connectivity index (χ4n) is 2.74. The maximum Gasteiger partial charge on any atom is 0.328 e. The van der Waals surface area contributed by atoms with E-state index in [1.54, 1.807) is 6.92 Å². The van der Waals surface area contributed by atoms with Gasteiger partial charge in [0.1, 0.15) is 12.1 Å². The van der Waals surface area contributed by atoms with Crippen molar-refractivity contribution in [2.75, 3.05) is 20.3 Å². The summed E-state index contributed by atoms with van der Waals surface area (Å²) in [7, 11) is 1.31. The first-order chi connectivity index (χ1) is 12.1. The molecule has 1 heterocycles. The molecule has 0 aliphatic carbocycles. The van der Waals surface area contributed by atoms with E-state index in [4.69, 9.17) is 14.2 Å². The van der Waals surface area contributed by atoms with Crippen molar-refractivity contribution in [2.24, 2.45) is 0 Å². The molecule has 1 saturated heterocycles. The fourth-order valence-corrected chi connectivity index (χ4v) is 2.74. The molecule has 1 aromatic carbocycles. The highest BCUT2D eigenvalue weighted by Crippen LogP contribution is 2.13. The number of nitrogens with one attached hydrogen (secondary N) is 1. The Balaban J connectivity index is 1.85. The molecule has 1 aliphatic heterocycles. The summed E-state index contributed by atoms with van der Waals surface area (Å²) >= 11 is 0. The first-order valence-electron chi connectivity index (χ1n) is 8.75.